The van der Waals surface area contributed by atoms with Crippen LogP contribution in [-0.2, 0) is 0 Å². The van der Waals surface area contributed by atoms with Crippen molar-refractivity contribution in [2.24, 2.45) is 10.9 Å². The normalized spacial score (nSPS) is 16.8. The molecular formula is C10H15N5O. The Morgan fingerprint density at radius 3 is 2.75 bits per heavy atom. The van der Waals surface area contributed by atoms with Crippen molar-refractivity contribution in [1.29, 1.82) is 0 Å². The molecule has 1 aromatic rings. The Morgan fingerprint density at radius 1 is 1.44 bits per heavy atom. The minimum Gasteiger partial charge on any atom is -0.409 e. The van der Waals surface area contributed by atoms with E-state index in [1.807, 2.05) is 6.92 Å². The molecule has 16 heavy (non-hydrogen) atoms. The fraction of sp³-hybridized carbons (Fsp3) is 0.500. The van der Waals surface area contributed by atoms with Crippen molar-refractivity contribution in [2.45, 2.75) is 19.8 Å². The maximum atomic E-state index is 8.62. The van der Waals surface area contributed by atoms with Crippen molar-refractivity contribution in [2.75, 3.05) is 18.0 Å². The maximum absolute atomic E-state index is 8.62. The van der Waals surface area contributed by atoms with Crippen LogP contribution in [0.5, 0.6) is 0 Å². The number of aryl methyl sites for hydroxylation is 1. The zero-order valence-electron chi connectivity index (χ0n) is 9.22. The number of hydrogen-bond acceptors (Lipinski definition) is 5. The van der Waals surface area contributed by atoms with E-state index in [2.05, 4.69) is 20.0 Å². The summed E-state index contributed by atoms with van der Waals surface area (Å²) < 4.78 is 0. The van der Waals surface area contributed by atoms with Gasteiger partial charge in [-0.3, -0.25) is 0 Å². The molecule has 0 saturated carbocycles. The van der Waals surface area contributed by atoms with Gasteiger partial charge in [0.05, 0.1) is 0 Å². The van der Waals surface area contributed by atoms with Gasteiger partial charge in [0.1, 0.15) is 5.69 Å². The van der Waals surface area contributed by atoms with E-state index in [4.69, 9.17) is 10.9 Å². The topological polar surface area (TPSA) is 87.6 Å². The quantitative estimate of drug-likeness (QED) is 0.328. The van der Waals surface area contributed by atoms with Gasteiger partial charge in [0, 0.05) is 18.8 Å². The molecule has 2 heterocycles. The van der Waals surface area contributed by atoms with E-state index in [-0.39, 0.29) is 5.84 Å². The van der Waals surface area contributed by atoms with Crippen LogP contribution in [0.4, 0.5) is 5.95 Å². The highest BCUT2D eigenvalue weighted by atomic mass is 16.4. The maximum Gasteiger partial charge on any atom is 0.226 e. The number of amidine groups is 1. The molecule has 86 valence electrons. The standard InChI is InChI=1S/C10H15N5O/c1-7-6-8(9(11)14-16)13-10(12-7)15-4-2-3-5-15/h6,16H,2-5H2,1H3,(H2,11,14). The van der Waals surface area contributed by atoms with E-state index in [0.29, 0.717) is 11.6 Å². The van der Waals surface area contributed by atoms with Gasteiger partial charge in [0.15, 0.2) is 5.84 Å². The Morgan fingerprint density at radius 2 is 2.12 bits per heavy atom. The molecule has 1 aliphatic heterocycles. The van der Waals surface area contributed by atoms with Crippen molar-refractivity contribution in [3.8, 4) is 0 Å². The van der Waals surface area contributed by atoms with Gasteiger partial charge < -0.3 is 15.8 Å². The van der Waals surface area contributed by atoms with E-state index in [1.165, 1.54) is 0 Å². The number of nitrogens with two attached hydrogens (primary N) is 1. The van der Waals surface area contributed by atoms with Gasteiger partial charge in [-0.05, 0) is 25.8 Å². The van der Waals surface area contributed by atoms with Crippen LogP contribution in [0.3, 0.4) is 0 Å². The molecule has 2 rings (SSSR count). The number of anilines is 1. The van der Waals surface area contributed by atoms with Crippen LogP contribution >= 0.6 is 0 Å². The number of oxime groups is 1. The summed E-state index contributed by atoms with van der Waals surface area (Å²) in [5.41, 5.74) is 6.81. The Labute approximate surface area is 93.8 Å². The monoisotopic (exact) mass is 221 g/mol. The molecule has 0 unspecified atom stereocenters. The third kappa shape index (κ3) is 2.05. The molecule has 0 bridgehead atoms. The van der Waals surface area contributed by atoms with Crippen LogP contribution in [0.2, 0.25) is 0 Å². The second-order valence-electron chi connectivity index (χ2n) is 3.87. The highest BCUT2D eigenvalue weighted by Gasteiger charge is 2.16. The molecule has 3 N–H and O–H groups in total. The second-order valence-corrected chi connectivity index (χ2v) is 3.87. The zero-order chi connectivity index (χ0) is 11.5. The summed E-state index contributed by atoms with van der Waals surface area (Å²) in [6, 6.07) is 1.70. The van der Waals surface area contributed by atoms with Crippen LogP contribution in [0.15, 0.2) is 11.2 Å². The number of rotatable bonds is 2. The Kier molecular flexibility index (Phi) is 2.89. The summed E-state index contributed by atoms with van der Waals surface area (Å²) in [5, 5.41) is 11.6. The van der Waals surface area contributed by atoms with Crippen molar-refractivity contribution < 1.29 is 5.21 Å². The largest absolute Gasteiger partial charge is 0.409 e. The van der Waals surface area contributed by atoms with E-state index in [0.717, 1.165) is 31.6 Å². The van der Waals surface area contributed by atoms with Crippen LogP contribution in [0.25, 0.3) is 0 Å². The predicted octanol–water partition coefficient (Wildman–Crippen LogP) is 0.480. The lowest BCUT2D eigenvalue weighted by Gasteiger charge is -2.16. The molecule has 6 nitrogen and oxygen atoms in total. The third-order valence-electron chi connectivity index (χ3n) is 2.60. The number of aromatic nitrogens is 2. The zero-order valence-corrected chi connectivity index (χ0v) is 9.22. The summed E-state index contributed by atoms with van der Waals surface area (Å²) in [6.07, 6.45) is 2.33. The van der Waals surface area contributed by atoms with Gasteiger partial charge in [-0.2, -0.15) is 0 Å². The van der Waals surface area contributed by atoms with E-state index >= 15 is 0 Å². The second kappa shape index (κ2) is 4.34. The molecule has 1 fully saturated rings. The fourth-order valence-corrected chi connectivity index (χ4v) is 1.79. The van der Waals surface area contributed by atoms with Gasteiger partial charge in [-0.1, -0.05) is 5.16 Å². The Bertz CT molecular complexity index is 412. The summed E-state index contributed by atoms with van der Waals surface area (Å²) in [6.45, 7) is 3.81. The first-order chi connectivity index (χ1) is 7.70. The average molecular weight is 221 g/mol. The molecule has 0 aliphatic carbocycles. The van der Waals surface area contributed by atoms with Crippen molar-refractivity contribution >= 4 is 11.8 Å². The minimum atomic E-state index is 0.0194. The van der Waals surface area contributed by atoms with Gasteiger partial charge in [0.25, 0.3) is 0 Å². The molecule has 0 amide bonds. The SMILES string of the molecule is Cc1cc(/C(N)=N/O)nc(N2CCCC2)n1. The summed E-state index contributed by atoms with van der Waals surface area (Å²) >= 11 is 0. The first kappa shape index (κ1) is 10.7. The molecule has 1 aliphatic rings. The van der Waals surface area contributed by atoms with Crippen LogP contribution in [-0.4, -0.2) is 34.1 Å². The van der Waals surface area contributed by atoms with E-state index in [9.17, 15) is 0 Å². The fourth-order valence-electron chi connectivity index (χ4n) is 1.79. The predicted molar refractivity (Wildman–Crippen MR) is 60.7 cm³/mol. The van der Waals surface area contributed by atoms with E-state index in [1.54, 1.807) is 6.07 Å². The molecule has 6 heteroatoms. The molecule has 0 spiro atoms. The molecule has 0 aromatic carbocycles. The lowest BCUT2D eigenvalue weighted by Crippen LogP contribution is -2.23. The van der Waals surface area contributed by atoms with Crippen LogP contribution in [0.1, 0.15) is 24.2 Å². The molecule has 0 radical (unpaired) electrons. The van der Waals surface area contributed by atoms with Gasteiger partial charge in [-0.25, -0.2) is 9.97 Å². The van der Waals surface area contributed by atoms with Gasteiger partial charge in [0.2, 0.25) is 5.95 Å². The third-order valence-corrected chi connectivity index (χ3v) is 2.60. The minimum absolute atomic E-state index is 0.0194. The van der Waals surface area contributed by atoms with Crippen molar-refractivity contribution in [3.05, 3.63) is 17.5 Å². The summed E-state index contributed by atoms with van der Waals surface area (Å²) in [5.74, 6) is 0.685. The lowest BCUT2D eigenvalue weighted by molar-refractivity contribution is 0.318. The number of nitrogens with zero attached hydrogens (tertiary/aromatic N) is 4. The van der Waals surface area contributed by atoms with Crippen molar-refractivity contribution in [1.82, 2.24) is 9.97 Å². The smallest absolute Gasteiger partial charge is 0.226 e. The number of hydrogen-bond donors (Lipinski definition) is 2. The van der Waals surface area contributed by atoms with Gasteiger partial charge in [-0.15, -0.1) is 0 Å². The van der Waals surface area contributed by atoms with Crippen LogP contribution in [0, 0.1) is 6.92 Å². The highest BCUT2D eigenvalue weighted by Crippen LogP contribution is 2.16. The van der Waals surface area contributed by atoms with Crippen LogP contribution < -0.4 is 10.6 Å². The highest BCUT2D eigenvalue weighted by molar-refractivity contribution is 5.95. The first-order valence-electron chi connectivity index (χ1n) is 5.29. The van der Waals surface area contributed by atoms with Crippen molar-refractivity contribution in [3.63, 3.8) is 0 Å². The molecular weight excluding hydrogens is 206 g/mol. The Hall–Kier alpha value is -1.85. The first-order valence-corrected chi connectivity index (χ1v) is 5.29. The van der Waals surface area contributed by atoms with Gasteiger partial charge >= 0.3 is 0 Å². The summed E-state index contributed by atoms with van der Waals surface area (Å²) in [7, 11) is 0. The summed E-state index contributed by atoms with van der Waals surface area (Å²) in [4.78, 5) is 10.8. The molecule has 0 atom stereocenters. The average Bonchev–Trinajstić information content (AvgIpc) is 2.80. The Balaban J connectivity index is 2.35. The van der Waals surface area contributed by atoms with E-state index < -0.39 is 0 Å². The molecule has 1 aromatic heterocycles. The lowest BCUT2D eigenvalue weighted by atomic mass is 10.3. The molecule has 1 saturated heterocycles.